The van der Waals surface area contributed by atoms with Crippen LogP contribution in [0.1, 0.15) is 35.7 Å². The van der Waals surface area contributed by atoms with Gasteiger partial charge in [-0.2, -0.15) is 0 Å². The third kappa shape index (κ3) is 4.96. The molecule has 0 unspecified atom stereocenters. The van der Waals surface area contributed by atoms with Crippen LogP contribution in [0.25, 0.3) is 11.8 Å². The van der Waals surface area contributed by atoms with E-state index >= 15 is 0 Å². The van der Waals surface area contributed by atoms with Crippen molar-refractivity contribution in [1.82, 2.24) is 19.4 Å². The van der Waals surface area contributed by atoms with Crippen LogP contribution >= 0.6 is 0 Å². The maximum absolute atomic E-state index is 14.2. The number of methoxy groups -OCH3 is 2. The Bertz CT molecular complexity index is 1450. The van der Waals surface area contributed by atoms with Gasteiger partial charge in [0, 0.05) is 24.9 Å². The molecule has 204 valence electrons. The molecule has 0 spiro atoms. The molecule has 0 aliphatic carbocycles. The summed E-state index contributed by atoms with van der Waals surface area (Å²) in [5.41, 5.74) is 2.93. The van der Waals surface area contributed by atoms with Crippen molar-refractivity contribution in [3.05, 3.63) is 82.7 Å². The van der Waals surface area contributed by atoms with Gasteiger partial charge in [-0.05, 0) is 61.2 Å². The van der Waals surface area contributed by atoms with Crippen molar-refractivity contribution in [1.29, 1.82) is 0 Å². The molecular formula is C28H27F3N4O4. The van der Waals surface area contributed by atoms with Gasteiger partial charge in [-0.15, -0.1) is 0 Å². The van der Waals surface area contributed by atoms with Crippen LogP contribution in [0.4, 0.5) is 18.0 Å². The molecule has 11 heteroatoms. The van der Waals surface area contributed by atoms with Crippen LogP contribution in [0.2, 0.25) is 0 Å². The van der Waals surface area contributed by atoms with E-state index < -0.39 is 35.6 Å². The lowest BCUT2D eigenvalue weighted by molar-refractivity contribution is -0.138. The predicted molar refractivity (Wildman–Crippen MR) is 136 cm³/mol. The Morgan fingerprint density at radius 3 is 2.49 bits per heavy atom. The van der Waals surface area contributed by atoms with E-state index in [2.05, 4.69) is 4.98 Å². The van der Waals surface area contributed by atoms with E-state index in [9.17, 15) is 22.8 Å². The first kappa shape index (κ1) is 26.3. The molecule has 5 rings (SSSR count). The third-order valence-corrected chi connectivity index (χ3v) is 7.17. The quantitative estimate of drug-likeness (QED) is 0.351. The van der Waals surface area contributed by atoms with Crippen molar-refractivity contribution < 1.29 is 32.2 Å². The minimum Gasteiger partial charge on any atom is -0.495 e. The van der Waals surface area contributed by atoms with Gasteiger partial charge in [-0.1, -0.05) is 6.07 Å². The van der Waals surface area contributed by atoms with E-state index in [1.165, 1.54) is 12.0 Å². The fraction of sp³-hybridized carbons (Fsp3) is 0.321. The number of piperidine rings is 1. The summed E-state index contributed by atoms with van der Waals surface area (Å²) in [4.78, 5) is 33.3. The number of imidazole rings is 1. The van der Waals surface area contributed by atoms with Crippen LogP contribution in [0.5, 0.6) is 5.75 Å². The molecule has 2 atom stereocenters. The van der Waals surface area contributed by atoms with Crippen LogP contribution in [-0.2, 0) is 9.53 Å². The van der Waals surface area contributed by atoms with E-state index in [1.54, 1.807) is 24.4 Å². The Kier molecular flexibility index (Phi) is 7.07. The highest BCUT2D eigenvalue weighted by Gasteiger charge is 2.44. The summed E-state index contributed by atoms with van der Waals surface area (Å²) in [6.45, 7) is 2.04. The molecule has 2 aromatic carbocycles. The number of ether oxygens (including phenoxy) is 2. The number of nitrogens with zero attached hydrogens (tertiary/aromatic N) is 4. The zero-order valence-corrected chi connectivity index (χ0v) is 21.7. The molecule has 3 aromatic rings. The fourth-order valence-electron chi connectivity index (χ4n) is 5.30. The number of carbonyl (C=O) groups excluding carboxylic acids is 2. The largest absolute Gasteiger partial charge is 0.495 e. The molecule has 2 aliphatic heterocycles. The molecule has 3 heterocycles. The average molecular weight is 541 g/mol. The number of benzene rings is 2. The molecule has 0 bridgehead atoms. The number of piperazine rings is 1. The predicted octanol–water partition coefficient (Wildman–Crippen LogP) is 4.80. The van der Waals surface area contributed by atoms with E-state index in [4.69, 9.17) is 9.47 Å². The number of aromatic nitrogens is 2. The zero-order chi connectivity index (χ0) is 27.8. The highest BCUT2D eigenvalue weighted by atomic mass is 19.2. The number of aryl methyl sites for hydroxylation is 1. The molecule has 2 amide bonds. The number of amides is 2. The number of halogens is 3. The topological polar surface area (TPSA) is 76.9 Å². The minimum atomic E-state index is -1.59. The maximum atomic E-state index is 14.2. The molecule has 1 aromatic heterocycles. The van der Waals surface area contributed by atoms with Crippen molar-refractivity contribution in [2.45, 2.75) is 31.8 Å². The van der Waals surface area contributed by atoms with Gasteiger partial charge in [0.2, 0.25) is 0 Å². The summed E-state index contributed by atoms with van der Waals surface area (Å²) in [5.74, 6) is -4.05. The van der Waals surface area contributed by atoms with Gasteiger partial charge < -0.3 is 23.8 Å². The Morgan fingerprint density at radius 1 is 1.10 bits per heavy atom. The second-order valence-corrected chi connectivity index (χ2v) is 9.62. The van der Waals surface area contributed by atoms with E-state index in [0.29, 0.717) is 24.2 Å². The normalized spacial score (nSPS) is 20.3. The van der Waals surface area contributed by atoms with Gasteiger partial charge in [-0.25, -0.2) is 22.9 Å². The summed E-state index contributed by atoms with van der Waals surface area (Å²) in [5, 5.41) is 0. The number of fused-ring (bicyclic) bond motifs is 1. The van der Waals surface area contributed by atoms with E-state index in [0.717, 1.165) is 29.1 Å². The highest BCUT2D eigenvalue weighted by molar-refractivity contribution is 5.99. The molecule has 39 heavy (non-hydrogen) atoms. The lowest BCUT2D eigenvalue weighted by Gasteiger charge is -2.49. The Hall–Kier alpha value is -4.28. The second kappa shape index (κ2) is 10.5. The molecule has 2 aliphatic rings. The van der Waals surface area contributed by atoms with Gasteiger partial charge >= 0.3 is 6.09 Å². The van der Waals surface area contributed by atoms with Gasteiger partial charge in [0.25, 0.3) is 5.91 Å². The number of hydrogen-bond acceptors (Lipinski definition) is 5. The first-order valence-corrected chi connectivity index (χ1v) is 12.4. The van der Waals surface area contributed by atoms with Crippen molar-refractivity contribution in [3.8, 4) is 11.4 Å². The van der Waals surface area contributed by atoms with Gasteiger partial charge in [0.15, 0.2) is 17.5 Å². The van der Waals surface area contributed by atoms with Gasteiger partial charge in [0.05, 0.1) is 44.0 Å². The SMILES string of the molecule is COC(=O)N1C[C@H]2CCC(=Cc3ccc(-n4cnc(C)c4)c(OC)c3)C(=O)N2[C@H](c2cc(F)c(F)c(F)c2)C1. The van der Waals surface area contributed by atoms with Crippen molar-refractivity contribution in [3.63, 3.8) is 0 Å². The summed E-state index contributed by atoms with van der Waals surface area (Å²) >= 11 is 0. The number of carbonyl (C=O) groups is 2. The molecule has 2 fully saturated rings. The highest BCUT2D eigenvalue weighted by Crippen LogP contribution is 2.38. The van der Waals surface area contributed by atoms with Gasteiger partial charge in [-0.3, -0.25) is 4.79 Å². The maximum Gasteiger partial charge on any atom is 0.409 e. The molecule has 0 N–H and O–H groups in total. The van der Waals surface area contributed by atoms with Crippen molar-refractivity contribution >= 4 is 18.1 Å². The standard InChI is InChI=1S/C28H27F3N4O4/c1-16-12-34(15-32-16)23-7-4-17(9-25(23)38-2)8-18-5-6-20-13-33(28(37)39-3)14-24(35(20)27(18)36)19-10-21(29)26(31)22(30)11-19/h4,7-12,15,20,24H,5-6,13-14H2,1-3H3/t20-,24+/m1/s1. The lowest BCUT2D eigenvalue weighted by atomic mass is 9.89. The first-order valence-electron chi connectivity index (χ1n) is 12.4. The molecule has 0 radical (unpaired) electrons. The molecule has 2 saturated heterocycles. The smallest absolute Gasteiger partial charge is 0.409 e. The first-order chi connectivity index (χ1) is 18.7. The third-order valence-electron chi connectivity index (χ3n) is 7.17. The van der Waals surface area contributed by atoms with Crippen LogP contribution in [0, 0.1) is 24.4 Å². The van der Waals surface area contributed by atoms with Gasteiger partial charge in [0.1, 0.15) is 5.75 Å². The van der Waals surface area contributed by atoms with Crippen LogP contribution in [0.15, 0.2) is 48.4 Å². The molecule has 0 saturated carbocycles. The van der Waals surface area contributed by atoms with E-state index in [1.807, 2.05) is 35.9 Å². The average Bonchev–Trinajstić information content (AvgIpc) is 3.37. The van der Waals surface area contributed by atoms with E-state index in [-0.39, 0.29) is 24.6 Å². The number of hydrogen-bond donors (Lipinski definition) is 0. The van der Waals surface area contributed by atoms with Crippen LogP contribution in [-0.4, -0.2) is 64.7 Å². The van der Waals surface area contributed by atoms with Crippen LogP contribution in [0.3, 0.4) is 0 Å². The van der Waals surface area contributed by atoms with Crippen molar-refractivity contribution in [2.24, 2.45) is 0 Å². The Morgan fingerprint density at radius 2 is 1.85 bits per heavy atom. The Labute approximate surface area is 223 Å². The Balaban J connectivity index is 1.49. The fourth-order valence-corrected chi connectivity index (χ4v) is 5.30. The lowest BCUT2D eigenvalue weighted by Crippen LogP contribution is -2.59. The minimum absolute atomic E-state index is 0.0560. The second-order valence-electron chi connectivity index (χ2n) is 9.62. The monoisotopic (exact) mass is 540 g/mol. The molecule has 8 nitrogen and oxygen atoms in total. The van der Waals surface area contributed by atoms with Crippen molar-refractivity contribution in [2.75, 3.05) is 27.3 Å². The summed E-state index contributed by atoms with van der Waals surface area (Å²) in [6, 6.07) is 5.96. The summed E-state index contributed by atoms with van der Waals surface area (Å²) < 4.78 is 54.3. The molecular weight excluding hydrogens is 513 g/mol. The number of rotatable bonds is 4. The summed E-state index contributed by atoms with van der Waals surface area (Å²) in [7, 11) is 2.80. The zero-order valence-electron chi connectivity index (χ0n) is 21.7. The summed E-state index contributed by atoms with van der Waals surface area (Å²) in [6.07, 6.45) is 5.65. The van der Waals surface area contributed by atoms with Crippen LogP contribution < -0.4 is 4.74 Å².